The lowest BCUT2D eigenvalue weighted by Crippen LogP contribution is -2.51. The molecule has 0 amide bonds. The van der Waals surface area contributed by atoms with Crippen LogP contribution >= 0.6 is 0 Å². The lowest BCUT2D eigenvalue weighted by molar-refractivity contribution is -0.147. The predicted molar refractivity (Wildman–Crippen MR) is 60.5 cm³/mol. The highest BCUT2D eigenvalue weighted by molar-refractivity contribution is 5.87. The smallest absolute Gasteiger partial charge is 0.141 e. The second-order valence-corrected chi connectivity index (χ2v) is 6.72. The van der Waals surface area contributed by atoms with E-state index in [1.54, 1.807) is 0 Å². The van der Waals surface area contributed by atoms with Crippen molar-refractivity contribution < 1.29 is 4.79 Å². The second-order valence-electron chi connectivity index (χ2n) is 6.72. The van der Waals surface area contributed by atoms with Gasteiger partial charge in [-0.25, -0.2) is 0 Å². The first-order valence-corrected chi connectivity index (χ1v) is 6.63. The molecule has 0 N–H and O–H groups in total. The van der Waals surface area contributed by atoms with Gasteiger partial charge in [-0.1, -0.05) is 13.8 Å². The van der Waals surface area contributed by atoms with E-state index in [4.69, 9.17) is 0 Å². The molecule has 4 aliphatic rings. The van der Waals surface area contributed by atoms with Gasteiger partial charge in [0.2, 0.25) is 0 Å². The van der Waals surface area contributed by atoms with Crippen molar-refractivity contribution in [3.8, 4) is 0 Å². The normalized spacial score (nSPS) is 47.5. The summed E-state index contributed by atoms with van der Waals surface area (Å²) in [4.78, 5) is 12.4. The van der Waals surface area contributed by atoms with Crippen molar-refractivity contribution in [2.24, 2.45) is 29.1 Å². The molecule has 84 valence electrons. The second kappa shape index (κ2) is 3.09. The van der Waals surface area contributed by atoms with Crippen LogP contribution in [0.25, 0.3) is 0 Å². The Hall–Kier alpha value is -0.330. The molecule has 0 aromatic carbocycles. The largest absolute Gasteiger partial charge is 0.299 e. The van der Waals surface area contributed by atoms with E-state index in [0.717, 1.165) is 17.8 Å². The maximum atomic E-state index is 12.4. The zero-order chi connectivity index (χ0) is 10.6. The highest BCUT2D eigenvalue weighted by atomic mass is 16.1. The number of carbonyl (C=O) groups is 1. The Morgan fingerprint density at radius 2 is 1.40 bits per heavy atom. The summed E-state index contributed by atoms with van der Waals surface area (Å²) in [5, 5.41) is 0. The van der Waals surface area contributed by atoms with Crippen molar-refractivity contribution in [3.63, 3.8) is 0 Å². The average Bonchev–Trinajstić information content (AvgIpc) is 2.14. The molecule has 0 aromatic heterocycles. The fourth-order valence-electron chi connectivity index (χ4n) is 5.02. The molecular formula is C14H22O. The van der Waals surface area contributed by atoms with E-state index in [2.05, 4.69) is 13.8 Å². The summed E-state index contributed by atoms with van der Waals surface area (Å²) in [5.41, 5.74) is 0.142. The van der Waals surface area contributed by atoms with Crippen molar-refractivity contribution in [3.05, 3.63) is 0 Å². The van der Waals surface area contributed by atoms with Gasteiger partial charge in [0.15, 0.2) is 0 Å². The first-order chi connectivity index (χ1) is 7.09. The van der Waals surface area contributed by atoms with Crippen LogP contribution in [0.3, 0.4) is 0 Å². The molecule has 15 heavy (non-hydrogen) atoms. The van der Waals surface area contributed by atoms with Crippen LogP contribution in [0.2, 0.25) is 0 Å². The topological polar surface area (TPSA) is 17.1 Å². The van der Waals surface area contributed by atoms with Gasteiger partial charge in [-0.15, -0.1) is 0 Å². The molecule has 1 heteroatoms. The zero-order valence-corrected chi connectivity index (χ0v) is 9.96. The molecule has 0 unspecified atom stereocenters. The minimum absolute atomic E-state index is 0.142. The molecule has 0 radical (unpaired) electrons. The van der Waals surface area contributed by atoms with Gasteiger partial charge >= 0.3 is 0 Å². The van der Waals surface area contributed by atoms with Gasteiger partial charge in [-0.2, -0.15) is 0 Å². The fraction of sp³-hybridized carbons (Fsp3) is 0.929. The summed E-state index contributed by atoms with van der Waals surface area (Å²) in [7, 11) is 0. The third kappa shape index (κ3) is 1.38. The summed E-state index contributed by atoms with van der Waals surface area (Å²) < 4.78 is 0. The molecule has 0 saturated heterocycles. The average molecular weight is 206 g/mol. The third-order valence-corrected chi connectivity index (χ3v) is 5.09. The molecule has 4 rings (SSSR count). The van der Waals surface area contributed by atoms with Crippen LogP contribution < -0.4 is 0 Å². The highest BCUT2D eigenvalue weighted by Gasteiger charge is 2.54. The van der Waals surface area contributed by atoms with Gasteiger partial charge in [-0.05, 0) is 56.3 Å². The van der Waals surface area contributed by atoms with Gasteiger partial charge in [-0.3, -0.25) is 4.79 Å². The van der Waals surface area contributed by atoms with E-state index < -0.39 is 0 Å². The summed E-state index contributed by atoms with van der Waals surface area (Å²) in [5.74, 6) is 3.54. The van der Waals surface area contributed by atoms with Crippen LogP contribution in [-0.2, 0) is 4.79 Å². The number of carbonyl (C=O) groups excluding carboxylic acids is 1. The lowest BCUT2D eigenvalue weighted by Gasteiger charge is -2.56. The maximum absolute atomic E-state index is 12.4. The molecule has 0 atom stereocenters. The molecule has 1 nitrogen and oxygen atoms in total. The SMILES string of the molecule is CC(C)C(=O)[C@]12CC3C[C@H](C[C@H](C3)C1)C2. The van der Waals surface area contributed by atoms with Crippen LogP contribution in [0.4, 0.5) is 0 Å². The van der Waals surface area contributed by atoms with Crippen LogP contribution in [0.5, 0.6) is 0 Å². The van der Waals surface area contributed by atoms with E-state index in [0.29, 0.717) is 5.78 Å². The molecule has 0 aromatic rings. The van der Waals surface area contributed by atoms with Crippen molar-refractivity contribution >= 4 is 5.78 Å². The number of rotatable bonds is 2. The summed E-state index contributed by atoms with van der Waals surface area (Å²) in [6.07, 6.45) is 8.00. The minimum Gasteiger partial charge on any atom is -0.299 e. The summed E-state index contributed by atoms with van der Waals surface area (Å²) >= 11 is 0. The number of hydrogen-bond donors (Lipinski definition) is 0. The number of Topliss-reactive ketones (excluding diaryl/α,β-unsaturated/α-hetero) is 1. The zero-order valence-electron chi connectivity index (χ0n) is 9.96. The fourth-order valence-corrected chi connectivity index (χ4v) is 5.02. The molecule has 0 aliphatic heterocycles. The number of hydrogen-bond acceptors (Lipinski definition) is 1. The van der Waals surface area contributed by atoms with Crippen molar-refractivity contribution in [1.29, 1.82) is 0 Å². The third-order valence-electron chi connectivity index (χ3n) is 5.09. The molecule has 4 aliphatic carbocycles. The summed E-state index contributed by atoms with van der Waals surface area (Å²) in [6.45, 7) is 4.17. The van der Waals surface area contributed by atoms with Crippen molar-refractivity contribution in [1.82, 2.24) is 0 Å². The maximum Gasteiger partial charge on any atom is 0.141 e. The van der Waals surface area contributed by atoms with Crippen molar-refractivity contribution in [2.45, 2.75) is 52.4 Å². The monoisotopic (exact) mass is 206 g/mol. The van der Waals surface area contributed by atoms with E-state index >= 15 is 0 Å². The molecule has 4 bridgehead atoms. The lowest BCUT2D eigenvalue weighted by atomic mass is 9.48. The molecular weight excluding hydrogens is 184 g/mol. The van der Waals surface area contributed by atoms with Crippen LogP contribution in [0, 0.1) is 29.1 Å². The highest BCUT2D eigenvalue weighted by Crippen LogP contribution is 2.60. The van der Waals surface area contributed by atoms with Gasteiger partial charge in [0.25, 0.3) is 0 Å². The van der Waals surface area contributed by atoms with E-state index in [1.165, 1.54) is 38.5 Å². The van der Waals surface area contributed by atoms with Crippen LogP contribution in [0.1, 0.15) is 52.4 Å². The minimum atomic E-state index is 0.142. The predicted octanol–water partition coefficient (Wildman–Crippen LogP) is 3.43. The first-order valence-electron chi connectivity index (χ1n) is 6.63. The first kappa shape index (κ1) is 9.86. The Labute approximate surface area is 92.6 Å². The van der Waals surface area contributed by atoms with Crippen LogP contribution in [0.15, 0.2) is 0 Å². The van der Waals surface area contributed by atoms with E-state index in [1.807, 2.05) is 0 Å². The van der Waals surface area contributed by atoms with Gasteiger partial charge < -0.3 is 0 Å². The Morgan fingerprint density at radius 1 is 1.00 bits per heavy atom. The molecule has 0 heterocycles. The Bertz CT molecular complexity index is 254. The number of ketones is 1. The Balaban J connectivity index is 1.90. The van der Waals surface area contributed by atoms with Gasteiger partial charge in [0, 0.05) is 11.3 Å². The Kier molecular flexibility index (Phi) is 2.03. The van der Waals surface area contributed by atoms with Gasteiger partial charge in [0.05, 0.1) is 0 Å². The quantitative estimate of drug-likeness (QED) is 0.676. The molecule has 0 spiro atoms. The van der Waals surface area contributed by atoms with Crippen LogP contribution in [-0.4, -0.2) is 5.78 Å². The summed E-state index contributed by atoms with van der Waals surface area (Å²) in [6, 6.07) is 0. The van der Waals surface area contributed by atoms with E-state index in [9.17, 15) is 4.79 Å². The molecule has 4 fully saturated rings. The van der Waals surface area contributed by atoms with Crippen molar-refractivity contribution in [2.75, 3.05) is 0 Å². The Morgan fingerprint density at radius 3 is 1.73 bits per heavy atom. The standard InChI is InChI=1S/C14H22O/c1-9(2)13(15)14-6-10-3-11(7-14)5-12(4-10)8-14/h9-12H,3-8H2,1-2H3/t10-,11+,12?,14-. The van der Waals surface area contributed by atoms with Gasteiger partial charge in [0.1, 0.15) is 5.78 Å². The van der Waals surface area contributed by atoms with E-state index in [-0.39, 0.29) is 11.3 Å². The molecule has 4 saturated carbocycles.